The summed E-state index contributed by atoms with van der Waals surface area (Å²) in [4.78, 5) is 33.2. The molecule has 1 aliphatic heterocycles. The zero-order valence-electron chi connectivity index (χ0n) is 15.9. The molecule has 1 aromatic carbocycles. The number of aromatic nitrogens is 2. The summed E-state index contributed by atoms with van der Waals surface area (Å²) in [7, 11) is -3.80. The van der Waals surface area contributed by atoms with Crippen LogP contribution in [0.1, 0.15) is 18.4 Å². The zero-order valence-corrected chi connectivity index (χ0v) is 16.7. The minimum atomic E-state index is -3.80. The molecule has 2 amide bonds. The van der Waals surface area contributed by atoms with Crippen molar-refractivity contribution in [1.82, 2.24) is 14.7 Å². The zero-order chi connectivity index (χ0) is 21.1. The van der Waals surface area contributed by atoms with Gasteiger partial charge in [-0.2, -0.15) is 0 Å². The predicted octanol–water partition coefficient (Wildman–Crippen LogP) is 2.28. The number of rotatable bonds is 6. The summed E-state index contributed by atoms with van der Waals surface area (Å²) in [6.45, 7) is 0.0542. The van der Waals surface area contributed by atoms with E-state index in [4.69, 9.17) is 0 Å². The number of anilines is 1. The summed E-state index contributed by atoms with van der Waals surface area (Å²) >= 11 is 0. The monoisotopic (exact) mass is 422 g/mol. The van der Waals surface area contributed by atoms with Crippen LogP contribution in [-0.4, -0.2) is 30.2 Å². The minimum Gasteiger partial charge on any atom is -0.274 e. The van der Waals surface area contributed by atoms with Crippen LogP contribution in [0.2, 0.25) is 0 Å². The Morgan fingerprint density at radius 3 is 2.23 bits per heavy atom. The van der Waals surface area contributed by atoms with Crippen molar-refractivity contribution in [3.8, 4) is 11.3 Å². The molecule has 0 unspecified atom stereocenters. The Balaban J connectivity index is 1.52. The Kier molecular flexibility index (Phi) is 5.39. The molecule has 0 radical (unpaired) electrons. The highest BCUT2D eigenvalue weighted by molar-refractivity contribution is 7.89. The summed E-state index contributed by atoms with van der Waals surface area (Å²) < 4.78 is 28.0. The van der Waals surface area contributed by atoms with E-state index >= 15 is 0 Å². The summed E-state index contributed by atoms with van der Waals surface area (Å²) in [6, 6.07) is 12.8. The Morgan fingerprint density at radius 1 is 0.900 bits per heavy atom. The summed E-state index contributed by atoms with van der Waals surface area (Å²) in [6.07, 6.45) is 5.29. The Bertz CT molecular complexity index is 1180. The first-order chi connectivity index (χ1) is 14.5. The average Bonchev–Trinajstić information content (AvgIpc) is 3.11. The summed E-state index contributed by atoms with van der Waals surface area (Å²) in [5.74, 6) is -0.567. The normalized spacial score (nSPS) is 14.3. The first kappa shape index (κ1) is 19.9. The quantitative estimate of drug-likeness (QED) is 0.611. The molecule has 0 bridgehead atoms. The van der Waals surface area contributed by atoms with Gasteiger partial charge < -0.3 is 0 Å². The van der Waals surface area contributed by atoms with Crippen LogP contribution in [0.15, 0.2) is 72.0 Å². The maximum Gasteiger partial charge on any atom is 0.240 e. The van der Waals surface area contributed by atoms with Gasteiger partial charge in [-0.1, -0.05) is 6.07 Å². The van der Waals surface area contributed by atoms with Crippen molar-refractivity contribution < 1.29 is 18.0 Å². The van der Waals surface area contributed by atoms with Gasteiger partial charge in [0, 0.05) is 43.5 Å². The van der Waals surface area contributed by atoms with Crippen molar-refractivity contribution in [2.75, 3.05) is 4.90 Å². The van der Waals surface area contributed by atoms with Crippen molar-refractivity contribution in [3.05, 3.63) is 72.7 Å². The number of nitrogens with one attached hydrogen (secondary N) is 1. The van der Waals surface area contributed by atoms with Gasteiger partial charge >= 0.3 is 0 Å². The highest BCUT2D eigenvalue weighted by Crippen LogP contribution is 2.24. The van der Waals surface area contributed by atoms with Gasteiger partial charge in [-0.15, -0.1) is 0 Å². The van der Waals surface area contributed by atoms with Crippen molar-refractivity contribution in [2.24, 2.45) is 0 Å². The van der Waals surface area contributed by atoms with Crippen LogP contribution >= 0.6 is 0 Å². The van der Waals surface area contributed by atoms with E-state index in [0.717, 1.165) is 16.0 Å². The third-order valence-electron chi connectivity index (χ3n) is 4.75. The molecular weight excluding hydrogens is 404 g/mol. The van der Waals surface area contributed by atoms with Crippen LogP contribution in [0, 0.1) is 0 Å². The van der Waals surface area contributed by atoms with Crippen molar-refractivity contribution >= 4 is 27.5 Å². The average molecular weight is 422 g/mol. The molecule has 3 aromatic rings. The Hall–Kier alpha value is -3.43. The van der Waals surface area contributed by atoms with E-state index in [9.17, 15) is 18.0 Å². The van der Waals surface area contributed by atoms with Gasteiger partial charge in [-0.05, 0) is 48.0 Å². The number of carbonyl (C=O) groups excluding carboxylic acids is 2. The van der Waals surface area contributed by atoms with Crippen molar-refractivity contribution in [1.29, 1.82) is 0 Å². The molecular formula is C21H18N4O4S. The number of benzene rings is 1. The standard InChI is InChI=1S/C21H18N4O4S/c26-19-7-8-20(27)25(19)17-3-5-18(6-4-17)30(28,29)24-14-16-2-1-11-23-21(16)15-9-12-22-13-10-15/h1-6,9-13,24H,7-8,14H2. The molecule has 1 N–H and O–H groups in total. The highest BCUT2D eigenvalue weighted by Gasteiger charge is 2.30. The summed E-state index contributed by atoms with van der Waals surface area (Å²) in [5.41, 5.74) is 2.60. The number of pyridine rings is 2. The molecule has 0 saturated carbocycles. The lowest BCUT2D eigenvalue weighted by Crippen LogP contribution is -2.28. The second-order valence-electron chi connectivity index (χ2n) is 6.69. The molecule has 0 spiro atoms. The van der Waals surface area contributed by atoms with Crippen LogP contribution in [-0.2, 0) is 26.2 Å². The van der Waals surface area contributed by atoms with Crippen LogP contribution < -0.4 is 9.62 Å². The van der Waals surface area contributed by atoms with Gasteiger partial charge in [-0.3, -0.25) is 24.5 Å². The Labute approximate surface area is 173 Å². The summed E-state index contributed by atoms with van der Waals surface area (Å²) in [5, 5.41) is 0. The first-order valence-electron chi connectivity index (χ1n) is 9.25. The van der Waals surface area contributed by atoms with E-state index in [1.165, 1.54) is 24.3 Å². The van der Waals surface area contributed by atoms with E-state index in [2.05, 4.69) is 14.7 Å². The molecule has 1 saturated heterocycles. The number of hydrogen-bond acceptors (Lipinski definition) is 6. The predicted molar refractivity (Wildman–Crippen MR) is 110 cm³/mol. The molecule has 0 aliphatic carbocycles. The number of carbonyl (C=O) groups is 2. The number of hydrogen-bond donors (Lipinski definition) is 1. The van der Waals surface area contributed by atoms with Gasteiger partial charge in [0.05, 0.1) is 16.3 Å². The second kappa shape index (κ2) is 8.13. The van der Waals surface area contributed by atoms with Crippen molar-refractivity contribution in [3.63, 3.8) is 0 Å². The number of sulfonamides is 1. The first-order valence-corrected chi connectivity index (χ1v) is 10.7. The minimum absolute atomic E-state index is 0.0414. The van der Waals surface area contributed by atoms with Crippen LogP contribution in [0.4, 0.5) is 5.69 Å². The molecule has 4 rings (SSSR count). The molecule has 9 heteroatoms. The number of imide groups is 1. The third kappa shape index (κ3) is 3.98. The highest BCUT2D eigenvalue weighted by atomic mass is 32.2. The van der Waals surface area contributed by atoms with Gasteiger partial charge in [0.2, 0.25) is 21.8 Å². The van der Waals surface area contributed by atoms with E-state index in [1.807, 2.05) is 0 Å². The number of nitrogens with zero attached hydrogens (tertiary/aromatic N) is 3. The van der Waals surface area contributed by atoms with E-state index < -0.39 is 10.0 Å². The maximum atomic E-state index is 12.7. The lowest BCUT2D eigenvalue weighted by molar-refractivity contribution is -0.121. The van der Waals surface area contributed by atoms with Gasteiger partial charge in [0.25, 0.3) is 0 Å². The second-order valence-corrected chi connectivity index (χ2v) is 8.46. The molecule has 30 heavy (non-hydrogen) atoms. The topological polar surface area (TPSA) is 109 Å². The molecule has 152 valence electrons. The molecule has 1 fully saturated rings. The van der Waals surface area contributed by atoms with E-state index in [0.29, 0.717) is 11.4 Å². The molecule has 0 atom stereocenters. The number of amides is 2. The van der Waals surface area contributed by atoms with Gasteiger partial charge in [0.15, 0.2) is 0 Å². The maximum absolute atomic E-state index is 12.7. The lowest BCUT2D eigenvalue weighted by atomic mass is 10.1. The van der Waals surface area contributed by atoms with E-state index in [-0.39, 0.29) is 36.1 Å². The molecule has 3 heterocycles. The molecule has 8 nitrogen and oxygen atoms in total. The Morgan fingerprint density at radius 2 is 1.57 bits per heavy atom. The fraction of sp³-hybridized carbons (Fsp3) is 0.143. The van der Waals surface area contributed by atoms with Gasteiger partial charge in [0.1, 0.15) is 0 Å². The van der Waals surface area contributed by atoms with Crippen LogP contribution in [0.3, 0.4) is 0 Å². The fourth-order valence-corrected chi connectivity index (χ4v) is 4.25. The SMILES string of the molecule is O=C1CCC(=O)N1c1ccc(S(=O)(=O)NCc2cccnc2-c2ccncc2)cc1. The van der Waals surface area contributed by atoms with Gasteiger partial charge in [-0.25, -0.2) is 13.1 Å². The third-order valence-corrected chi connectivity index (χ3v) is 6.17. The fourth-order valence-electron chi connectivity index (χ4n) is 3.25. The molecule has 2 aromatic heterocycles. The van der Waals surface area contributed by atoms with Crippen LogP contribution in [0.25, 0.3) is 11.3 Å². The largest absolute Gasteiger partial charge is 0.274 e. The molecule has 1 aliphatic rings. The van der Waals surface area contributed by atoms with Crippen LogP contribution in [0.5, 0.6) is 0 Å². The van der Waals surface area contributed by atoms with Crippen molar-refractivity contribution in [2.45, 2.75) is 24.3 Å². The van der Waals surface area contributed by atoms with E-state index in [1.54, 1.807) is 42.9 Å². The smallest absolute Gasteiger partial charge is 0.240 e. The lowest BCUT2D eigenvalue weighted by Gasteiger charge is -2.14.